The minimum atomic E-state index is -1.29. The van der Waals surface area contributed by atoms with Gasteiger partial charge in [0.1, 0.15) is 0 Å². The van der Waals surface area contributed by atoms with E-state index in [9.17, 15) is 24.0 Å². The second kappa shape index (κ2) is 9.00. The molecule has 2 aliphatic carbocycles. The molecule has 6 amide bonds. The molecule has 2 saturated carbocycles. The van der Waals surface area contributed by atoms with Crippen LogP contribution >= 0.6 is 0 Å². The van der Waals surface area contributed by atoms with Crippen LogP contribution in [0.15, 0.2) is 29.4 Å². The highest BCUT2D eigenvalue weighted by Crippen LogP contribution is 2.47. The van der Waals surface area contributed by atoms with Gasteiger partial charge in [0, 0.05) is 28.9 Å². The Hall–Kier alpha value is -3.56. The van der Waals surface area contributed by atoms with Gasteiger partial charge in [0.15, 0.2) is 5.92 Å². The van der Waals surface area contributed by atoms with E-state index in [0.29, 0.717) is 11.6 Å². The molecule has 3 fully saturated rings. The van der Waals surface area contributed by atoms with E-state index in [2.05, 4.69) is 21.2 Å². The number of carbonyl (C=O) groups is 5. The van der Waals surface area contributed by atoms with Gasteiger partial charge >= 0.3 is 6.03 Å². The van der Waals surface area contributed by atoms with Gasteiger partial charge in [-0.1, -0.05) is 27.2 Å². The number of urea groups is 1. The first-order chi connectivity index (χ1) is 16.0. The first kappa shape index (κ1) is 23.6. The highest BCUT2D eigenvalue weighted by Gasteiger charge is 2.50. The van der Waals surface area contributed by atoms with E-state index < -0.39 is 35.1 Å². The fourth-order valence-electron chi connectivity index (χ4n) is 4.84. The monoisotopic (exact) mass is 467 g/mol. The number of carbonyl (C=O) groups excluding carboxylic acids is 5. The molecular formula is C24H29N5O5. The molecule has 1 heterocycles. The molecular weight excluding hydrogens is 438 g/mol. The highest BCUT2D eigenvalue weighted by molar-refractivity contribution is 6.23. The number of hydrazone groups is 1. The molecule has 0 spiro atoms. The summed E-state index contributed by atoms with van der Waals surface area (Å²) in [4.78, 5) is 63.2. The van der Waals surface area contributed by atoms with Crippen LogP contribution in [-0.4, -0.2) is 46.8 Å². The quantitative estimate of drug-likeness (QED) is 0.347. The number of nitrogens with zero attached hydrogens (tertiary/aromatic N) is 2. The Morgan fingerprint density at radius 2 is 1.79 bits per heavy atom. The first-order valence-corrected chi connectivity index (χ1v) is 11.5. The number of rotatable bonds is 5. The van der Waals surface area contributed by atoms with Gasteiger partial charge < -0.3 is 5.32 Å². The third-order valence-electron chi connectivity index (χ3n) is 6.74. The van der Waals surface area contributed by atoms with E-state index >= 15 is 0 Å². The Balaban J connectivity index is 1.37. The number of amides is 6. The number of benzene rings is 1. The summed E-state index contributed by atoms with van der Waals surface area (Å²) in [6.07, 6.45) is 4.92. The molecule has 1 aromatic carbocycles. The molecule has 3 aliphatic rings. The molecule has 4 rings (SSSR count). The maximum atomic E-state index is 13.0. The van der Waals surface area contributed by atoms with Crippen molar-refractivity contribution in [3.05, 3.63) is 29.8 Å². The van der Waals surface area contributed by atoms with E-state index in [1.807, 2.05) is 0 Å². The van der Waals surface area contributed by atoms with Crippen molar-refractivity contribution in [2.24, 2.45) is 28.3 Å². The smallest absolute Gasteiger partial charge is 0.326 e. The Labute approximate surface area is 197 Å². The van der Waals surface area contributed by atoms with Crippen molar-refractivity contribution in [1.82, 2.24) is 15.6 Å². The maximum Gasteiger partial charge on any atom is 0.331 e. The molecule has 34 heavy (non-hydrogen) atoms. The summed E-state index contributed by atoms with van der Waals surface area (Å²) in [5.41, 5.74) is 2.58. The molecule has 10 nitrogen and oxygen atoms in total. The molecule has 10 heteroatoms. The second-order valence-electron chi connectivity index (χ2n) is 10.2. The van der Waals surface area contributed by atoms with Crippen LogP contribution in [0.1, 0.15) is 56.8 Å². The SMILES string of the molecule is CC(C)(C)C(=O)Nc1ccc(C(=O)N/N=C\[C@H]2C(=O)NC(=O)N([C@H]3C[C@H]4CC[C@H]3C4)C2=O)cc1. The Bertz CT molecular complexity index is 1060. The van der Waals surface area contributed by atoms with Gasteiger partial charge in [0.25, 0.3) is 5.91 Å². The average molecular weight is 468 g/mol. The minimum absolute atomic E-state index is 0.150. The minimum Gasteiger partial charge on any atom is -0.326 e. The van der Waals surface area contributed by atoms with E-state index in [0.717, 1.165) is 31.9 Å². The Kier molecular flexibility index (Phi) is 6.24. The second-order valence-corrected chi connectivity index (χ2v) is 10.2. The van der Waals surface area contributed by atoms with Crippen molar-refractivity contribution in [2.45, 2.75) is 52.5 Å². The fourth-order valence-corrected chi connectivity index (χ4v) is 4.84. The predicted octanol–water partition coefficient (Wildman–Crippen LogP) is 2.27. The standard InChI is InChI=1S/C24H29N5O5/c1-24(2,3)22(33)26-16-8-6-14(7-9-16)19(30)28-25-12-17-20(31)27-23(34)29(21(17)32)18-11-13-4-5-15(18)10-13/h6-9,12-13,15,17-18H,4-5,10-11H2,1-3H3,(H,26,33)(H,28,30)(H,27,31,34)/b25-12-/t13-,15-,17-,18-/m0/s1. The maximum absolute atomic E-state index is 13.0. The molecule has 1 aliphatic heterocycles. The van der Waals surface area contributed by atoms with Crippen molar-refractivity contribution >= 4 is 41.6 Å². The lowest BCUT2D eigenvalue weighted by Gasteiger charge is -2.36. The van der Waals surface area contributed by atoms with Crippen LogP contribution in [0, 0.1) is 23.2 Å². The van der Waals surface area contributed by atoms with E-state index in [-0.39, 0.29) is 23.4 Å². The lowest BCUT2D eigenvalue weighted by Crippen LogP contribution is -2.62. The van der Waals surface area contributed by atoms with Crippen LogP contribution in [0.3, 0.4) is 0 Å². The zero-order chi connectivity index (χ0) is 24.6. The van der Waals surface area contributed by atoms with Gasteiger partial charge in [0.2, 0.25) is 17.7 Å². The average Bonchev–Trinajstić information content (AvgIpc) is 3.39. The molecule has 1 saturated heterocycles. The number of barbiturate groups is 1. The molecule has 0 aromatic heterocycles. The fraction of sp³-hybridized carbons (Fsp3) is 0.500. The van der Waals surface area contributed by atoms with Crippen molar-refractivity contribution in [2.75, 3.05) is 5.32 Å². The van der Waals surface area contributed by atoms with E-state index in [1.54, 1.807) is 32.9 Å². The topological polar surface area (TPSA) is 137 Å². The summed E-state index contributed by atoms with van der Waals surface area (Å²) in [5, 5.41) is 8.80. The number of anilines is 1. The van der Waals surface area contributed by atoms with Crippen molar-refractivity contribution in [3.63, 3.8) is 0 Å². The van der Waals surface area contributed by atoms with Gasteiger partial charge in [-0.25, -0.2) is 10.2 Å². The zero-order valence-electron chi connectivity index (χ0n) is 19.5. The van der Waals surface area contributed by atoms with Gasteiger partial charge in [-0.05, 0) is 55.4 Å². The summed E-state index contributed by atoms with van der Waals surface area (Å²) >= 11 is 0. The van der Waals surface area contributed by atoms with Gasteiger partial charge in [0.05, 0.1) is 0 Å². The van der Waals surface area contributed by atoms with E-state index in [1.165, 1.54) is 17.0 Å². The zero-order valence-corrected chi connectivity index (χ0v) is 19.5. The van der Waals surface area contributed by atoms with Crippen LogP contribution in [-0.2, 0) is 14.4 Å². The van der Waals surface area contributed by atoms with Crippen molar-refractivity contribution in [1.29, 1.82) is 0 Å². The van der Waals surface area contributed by atoms with Gasteiger partial charge in [-0.3, -0.25) is 29.4 Å². The van der Waals surface area contributed by atoms with Crippen LogP contribution in [0.4, 0.5) is 10.5 Å². The number of nitrogens with one attached hydrogen (secondary N) is 3. The molecule has 180 valence electrons. The van der Waals surface area contributed by atoms with Crippen LogP contribution in [0.25, 0.3) is 0 Å². The van der Waals surface area contributed by atoms with Crippen molar-refractivity contribution in [3.8, 4) is 0 Å². The van der Waals surface area contributed by atoms with Crippen molar-refractivity contribution < 1.29 is 24.0 Å². The van der Waals surface area contributed by atoms with Gasteiger partial charge in [-0.2, -0.15) is 5.10 Å². The molecule has 3 N–H and O–H groups in total. The van der Waals surface area contributed by atoms with Crippen LogP contribution < -0.4 is 16.1 Å². The molecule has 4 atom stereocenters. The van der Waals surface area contributed by atoms with Crippen LogP contribution in [0.2, 0.25) is 0 Å². The summed E-state index contributed by atoms with van der Waals surface area (Å²) in [6, 6.07) is 5.37. The summed E-state index contributed by atoms with van der Waals surface area (Å²) in [5.74, 6) is -2.55. The largest absolute Gasteiger partial charge is 0.331 e. The number of imide groups is 2. The summed E-state index contributed by atoms with van der Waals surface area (Å²) < 4.78 is 0. The lowest BCUT2D eigenvalue weighted by molar-refractivity contribution is -0.141. The summed E-state index contributed by atoms with van der Waals surface area (Å²) in [6.45, 7) is 5.39. The van der Waals surface area contributed by atoms with E-state index in [4.69, 9.17) is 0 Å². The Morgan fingerprint density at radius 3 is 2.38 bits per heavy atom. The molecule has 0 unspecified atom stereocenters. The predicted molar refractivity (Wildman–Crippen MR) is 124 cm³/mol. The number of fused-ring (bicyclic) bond motifs is 2. The first-order valence-electron chi connectivity index (χ1n) is 11.5. The highest BCUT2D eigenvalue weighted by atomic mass is 16.2. The normalized spacial score (nSPS) is 26.7. The third-order valence-corrected chi connectivity index (χ3v) is 6.74. The Morgan fingerprint density at radius 1 is 1.09 bits per heavy atom. The molecule has 1 aromatic rings. The number of hydrogen-bond donors (Lipinski definition) is 3. The molecule has 2 bridgehead atoms. The number of hydrogen-bond acceptors (Lipinski definition) is 6. The third kappa shape index (κ3) is 4.71. The van der Waals surface area contributed by atoms with Crippen LogP contribution in [0.5, 0.6) is 0 Å². The van der Waals surface area contributed by atoms with Gasteiger partial charge in [-0.15, -0.1) is 0 Å². The lowest BCUT2D eigenvalue weighted by atomic mass is 9.92. The summed E-state index contributed by atoms with van der Waals surface area (Å²) in [7, 11) is 0. The molecule has 0 radical (unpaired) electrons.